The molecule has 1 fully saturated rings. The Morgan fingerprint density at radius 2 is 1.68 bits per heavy atom. The summed E-state index contributed by atoms with van der Waals surface area (Å²) in [6, 6.07) is 0. The van der Waals surface area contributed by atoms with Crippen LogP contribution in [0.25, 0.3) is 0 Å². The molecule has 0 N–H and O–H groups in total. The maximum Gasteiger partial charge on any atom is 0.313 e. The summed E-state index contributed by atoms with van der Waals surface area (Å²) in [7, 11) is 0. The van der Waals surface area contributed by atoms with Crippen LogP contribution in [0.3, 0.4) is 0 Å². The van der Waals surface area contributed by atoms with E-state index in [1.807, 2.05) is 34.6 Å². The first-order valence-electron chi connectivity index (χ1n) is 8.29. The Bertz CT molecular complexity index is 466. The predicted octanol–water partition coefficient (Wildman–Crippen LogP) is 3.21. The van der Waals surface area contributed by atoms with Crippen LogP contribution in [0.15, 0.2) is 12.2 Å². The topological polar surface area (TPSA) is 52.6 Å². The van der Waals surface area contributed by atoms with Gasteiger partial charge in [-0.15, -0.1) is 0 Å². The Balaban J connectivity index is 2.14. The molecule has 0 aromatic carbocycles. The molecular weight excluding hydrogens is 280 g/mol. The highest BCUT2D eigenvalue weighted by Gasteiger charge is 2.61. The molecule has 4 atom stereocenters. The molecular formula is C18H28O4. The predicted molar refractivity (Wildman–Crippen MR) is 83.9 cm³/mol. The molecule has 4 nitrogen and oxygen atoms in total. The number of allylic oxidation sites excluding steroid dienone is 2. The summed E-state index contributed by atoms with van der Waals surface area (Å²) >= 11 is 0. The highest BCUT2D eigenvalue weighted by atomic mass is 16.5. The zero-order valence-corrected chi connectivity index (χ0v) is 14.3. The van der Waals surface area contributed by atoms with Gasteiger partial charge in [-0.2, -0.15) is 0 Å². The molecule has 0 aliphatic heterocycles. The van der Waals surface area contributed by atoms with E-state index in [-0.39, 0.29) is 35.6 Å². The minimum Gasteiger partial charge on any atom is -0.465 e. The number of carbonyl (C=O) groups is 2. The fraction of sp³-hybridized carbons (Fsp3) is 0.778. The number of ether oxygens (including phenoxy) is 2. The molecule has 124 valence electrons. The van der Waals surface area contributed by atoms with Crippen molar-refractivity contribution < 1.29 is 19.1 Å². The molecule has 4 unspecified atom stereocenters. The molecule has 2 aliphatic carbocycles. The molecule has 4 heteroatoms. The van der Waals surface area contributed by atoms with E-state index in [0.717, 1.165) is 6.42 Å². The second-order valence-electron chi connectivity index (χ2n) is 7.67. The Morgan fingerprint density at radius 3 is 2.27 bits per heavy atom. The van der Waals surface area contributed by atoms with Gasteiger partial charge in [0, 0.05) is 0 Å². The zero-order valence-electron chi connectivity index (χ0n) is 14.3. The van der Waals surface area contributed by atoms with Gasteiger partial charge in [0.1, 0.15) is 0 Å². The standard InChI is InChI=1S/C18H28O4/c1-11(2)9-21-16(19)15-13-6-7-14(8-13)18(15,5)17(20)22-10-12(3)4/h6-7,11-15H,8-10H2,1-5H3. The molecule has 2 aliphatic rings. The average molecular weight is 308 g/mol. The molecule has 0 saturated heterocycles. The average Bonchev–Trinajstić information content (AvgIpc) is 3.01. The van der Waals surface area contributed by atoms with Gasteiger partial charge in [0.05, 0.1) is 24.5 Å². The lowest BCUT2D eigenvalue weighted by atomic mass is 9.70. The van der Waals surface area contributed by atoms with E-state index in [1.165, 1.54) is 0 Å². The maximum absolute atomic E-state index is 12.7. The zero-order chi connectivity index (χ0) is 16.5. The normalized spacial score (nSPS) is 32.8. The molecule has 22 heavy (non-hydrogen) atoms. The van der Waals surface area contributed by atoms with Crippen molar-refractivity contribution in [2.75, 3.05) is 13.2 Å². The van der Waals surface area contributed by atoms with Gasteiger partial charge in [0.15, 0.2) is 0 Å². The molecule has 0 radical (unpaired) electrons. The summed E-state index contributed by atoms with van der Waals surface area (Å²) in [6.45, 7) is 10.7. The van der Waals surface area contributed by atoms with Crippen molar-refractivity contribution in [2.45, 2.75) is 41.0 Å². The van der Waals surface area contributed by atoms with Crippen LogP contribution in [0.5, 0.6) is 0 Å². The Labute approximate surface area is 133 Å². The Hall–Kier alpha value is -1.32. The number of fused-ring (bicyclic) bond motifs is 2. The van der Waals surface area contributed by atoms with Crippen molar-refractivity contribution in [3.8, 4) is 0 Å². The van der Waals surface area contributed by atoms with E-state index in [4.69, 9.17) is 9.47 Å². The van der Waals surface area contributed by atoms with Crippen molar-refractivity contribution in [3.05, 3.63) is 12.2 Å². The monoisotopic (exact) mass is 308 g/mol. The highest BCUT2D eigenvalue weighted by molar-refractivity contribution is 5.87. The van der Waals surface area contributed by atoms with Crippen molar-refractivity contribution >= 4 is 11.9 Å². The van der Waals surface area contributed by atoms with Crippen LogP contribution in [0, 0.1) is 35.0 Å². The van der Waals surface area contributed by atoms with Crippen LogP contribution in [0.2, 0.25) is 0 Å². The van der Waals surface area contributed by atoms with Crippen molar-refractivity contribution in [3.63, 3.8) is 0 Å². The van der Waals surface area contributed by atoms with Crippen LogP contribution in [0.1, 0.15) is 41.0 Å². The van der Waals surface area contributed by atoms with Gasteiger partial charge in [-0.3, -0.25) is 9.59 Å². The van der Waals surface area contributed by atoms with Crippen LogP contribution in [-0.4, -0.2) is 25.2 Å². The summed E-state index contributed by atoms with van der Waals surface area (Å²) in [5, 5.41) is 0. The number of rotatable bonds is 6. The largest absolute Gasteiger partial charge is 0.465 e. The lowest BCUT2D eigenvalue weighted by molar-refractivity contribution is -0.171. The van der Waals surface area contributed by atoms with E-state index in [1.54, 1.807) is 0 Å². The SMILES string of the molecule is CC(C)COC(=O)C1C2C=CC(C2)C1(C)C(=O)OCC(C)C. The second kappa shape index (κ2) is 6.43. The van der Waals surface area contributed by atoms with Crippen molar-refractivity contribution in [2.24, 2.45) is 35.0 Å². The van der Waals surface area contributed by atoms with E-state index < -0.39 is 11.3 Å². The molecule has 2 rings (SSSR count). The second-order valence-corrected chi connectivity index (χ2v) is 7.67. The summed E-state index contributed by atoms with van der Waals surface area (Å²) in [6.07, 6.45) is 4.96. The van der Waals surface area contributed by atoms with E-state index in [9.17, 15) is 9.59 Å². The lowest BCUT2D eigenvalue weighted by Crippen LogP contribution is -2.45. The molecule has 0 aromatic heterocycles. The van der Waals surface area contributed by atoms with Crippen molar-refractivity contribution in [1.29, 1.82) is 0 Å². The van der Waals surface area contributed by atoms with E-state index in [2.05, 4.69) is 12.2 Å². The smallest absolute Gasteiger partial charge is 0.313 e. The van der Waals surface area contributed by atoms with Crippen molar-refractivity contribution in [1.82, 2.24) is 0 Å². The molecule has 0 spiro atoms. The third-order valence-corrected chi connectivity index (χ3v) is 4.76. The molecule has 1 saturated carbocycles. The quantitative estimate of drug-likeness (QED) is 0.558. The first kappa shape index (κ1) is 17.0. The third kappa shape index (κ3) is 3.06. The van der Waals surface area contributed by atoms with Gasteiger partial charge in [0.25, 0.3) is 0 Å². The fourth-order valence-electron chi connectivity index (χ4n) is 3.53. The van der Waals surface area contributed by atoms with Gasteiger partial charge in [-0.05, 0) is 37.0 Å². The summed E-state index contributed by atoms with van der Waals surface area (Å²) in [4.78, 5) is 25.2. The van der Waals surface area contributed by atoms with Crippen LogP contribution < -0.4 is 0 Å². The number of hydrogen-bond donors (Lipinski definition) is 0. The molecule has 2 bridgehead atoms. The van der Waals surface area contributed by atoms with Gasteiger partial charge in [-0.1, -0.05) is 39.8 Å². The van der Waals surface area contributed by atoms with Gasteiger partial charge in [0.2, 0.25) is 0 Å². The summed E-state index contributed by atoms with van der Waals surface area (Å²) in [5.41, 5.74) is -0.789. The Morgan fingerprint density at radius 1 is 1.09 bits per heavy atom. The summed E-state index contributed by atoms with van der Waals surface area (Å²) < 4.78 is 10.9. The minimum absolute atomic E-state index is 0.0776. The lowest BCUT2D eigenvalue weighted by Gasteiger charge is -2.35. The summed E-state index contributed by atoms with van der Waals surface area (Å²) in [5.74, 6) is -0.180. The van der Waals surface area contributed by atoms with Crippen LogP contribution in [0.4, 0.5) is 0 Å². The van der Waals surface area contributed by atoms with Gasteiger partial charge in [-0.25, -0.2) is 0 Å². The fourth-order valence-corrected chi connectivity index (χ4v) is 3.53. The molecule has 0 aromatic rings. The Kier molecular flexibility index (Phi) is 4.98. The van der Waals surface area contributed by atoms with Crippen LogP contribution >= 0.6 is 0 Å². The minimum atomic E-state index is -0.789. The highest BCUT2D eigenvalue weighted by Crippen LogP contribution is 2.57. The maximum atomic E-state index is 12.7. The van der Waals surface area contributed by atoms with Gasteiger partial charge >= 0.3 is 11.9 Å². The number of esters is 2. The first-order chi connectivity index (χ1) is 10.3. The van der Waals surface area contributed by atoms with E-state index >= 15 is 0 Å². The first-order valence-corrected chi connectivity index (χ1v) is 8.29. The van der Waals surface area contributed by atoms with Crippen LogP contribution in [-0.2, 0) is 19.1 Å². The van der Waals surface area contributed by atoms with E-state index in [0.29, 0.717) is 13.2 Å². The number of hydrogen-bond acceptors (Lipinski definition) is 4. The van der Waals surface area contributed by atoms with Gasteiger partial charge < -0.3 is 9.47 Å². The number of carbonyl (C=O) groups excluding carboxylic acids is 2. The molecule has 0 amide bonds. The third-order valence-electron chi connectivity index (χ3n) is 4.76. The molecule has 0 heterocycles.